The molecule has 0 saturated carbocycles. The third-order valence-electron chi connectivity index (χ3n) is 4.51. The van der Waals surface area contributed by atoms with Gasteiger partial charge in [-0.1, -0.05) is 26.0 Å². The number of hydrogen-bond acceptors (Lipinski definition) is 4. The third-order valence-corrected chi connectivity index (χ3v) is 6.11. The van der Waals surface area contributed by atoms with Crippen LogP contribution in [-0.4, -0.2) is 51.3 Å². The van der Waals surface area contributed by atoms with Gasteiger partial charge in [0.25, 0.3) is 0 Å². The fraction of sp³-hybridized carbons (Fsp3) is 0.619. The van der Waals surface area contributed by atoms with Gasteiger partial charge < -0.3 is 10.2 Å². The molecule has 0 atom stereocenters. The predicted octanol–water partition coefficient (Wildman–Crippen LogP) is 2.52. The number of sulfonamides is 1. The molecule has 164 valence electrons. The maximum absolute atomic E-state index is 12.4. The molecule has 0 aliphatic carbocycles. The highest BCUT2D eigenvalue weighted by molar-refractivity contribution is 7.89. The molecule has 2 amide bonds. The zero-order valence-electron chi connectivity index (χ0n) is 18.1. The van der Waals surface area contributed by atoms with Crippen LogP contribution < -0.4 is 10.0 Å². The van der Waals surface area contributed by atoms with Crippen LogP contribution in [0.25, 0.3) is 0 Å². The fourth-order valence-electron chi connectivity index (χ4n) is 3.01. The fourth-order valence-corrected chi connectivity index (χ4v) is 4.37. The predicted molar refractivity (Wildman–Crippen MR) is 115 cm³/mol. The standard InChI is InChI=1S/C21H35N3O4S/c1-5-14-24(15-6-2)21(26)9-7-8-20(25)22-12-13-23-29(27,28)19-16-17(3)10-11-18(19)4/h10-11,16,23H,5-9,12-15H2,1-4H3,(H,22,25). The largest absolute Gasteiger partial charge is 0.355 e. The van der Waals surface area contributed by atoms with Crippen LogP contribution in [0, 0.1) is 13.8 Å². The van der Waals surface area contributed by atoms with Gasteiger partial charge in [-0.15, -0.1) is 0 Å². The van der Waals surface area contributed by atoms with Crippen molar-refractivity contribution in [1.29, 1.82) is 0 Å². The molecule has 1 aromatic rings. The van der Waals surface area contributed by atoms with Crippen molar-refractivity contribution in [2.75, 3.05) is 26.2 Å². The Morgan fingerprint density at radius 2 is 1.66 bits per heavy atom. The summed E-state index contributed by atoms with van der Waals surface area (Å²) in [4.78, 5) is 26.2. The van der Waals surface area contributed by atoms with Crippen molar-refractivity contribution in [3.05, 3.63) is 29.3 Å². The highest BCUT2D eigenvalue weighted by atomic mass is 32.2. The second-order valence-electron chi connectivity index (χ2n) is 7.25. The number of nitrogens with zero attached hydrogens (tertiary/aromatic N) is 1. The minimum atomic E-state index is -3.61. The van der Waals surface area contributed by atoms with E-state index in [1.165, 1.54) is 0 Å². The maximum atomic E-state index is 12.4. The average molecular weight is 426 g/mol. The molecule has 7 nitrogen and oxygen atoms in total. The quantitative estimate of drug-likeness (QED) is 0.475. The molecule has 8 heteroatoms. The summed E-state index contributed by atoms with van der Waals surface area (Å²) in [5.41, 5.74) is 1.55. The summed E-state index contributed by atoms with van der Waals surface area (Å²) in [5, 5.41) is 2.70. The molecule has 0 heterocycles. The monoisotopic (exact) mass is 425 g/mol. The zero-order chi connectivity index (χ0) is 21.9. The van der Waals surface area contributed by atoms with E-state index in [4.69, 9.17) is 0 Å². The molecule has 2 N–H and O–H groups in total. The van der Waals surface area contributed by atoms with Crippen LogP contribution in [-0.2, 0) is 19.6 Å². The summed E-state index contributed by atoms with van der Waals surface area (Å²) < 4.78 is 27.3. The first kappa shape index (κ1) is 25.1. The first-order valence-corrected chi connectivity index (χ1v) is 11.8. The van der Waals surface area contributed by atoms with Gasteiger partial charge in [-0.3, -0.25) is 9.59 Å². The number of hydrogen-bond donors (Lipinski definition) is 2. The van der Waals surface area contributed by atoms with Crippen LogP contribution in [0.15, 0.2) is 23.1 Å². The molecule has 0 bridgehead atoms. The van der Waals surface area contributed by atoms with Gasteiger partial charge in [0.05, 0.1) is 4.90 Å². The molecule has 1 aromatic carbocycles. The Morgan fingerprint density at radius 1 is 1.00 bits per heavy atom. The maximum Gasteiger partial charge on any atom is 0.240 e. The molecule has 1 rings (SSSR count). The first-order valence-electron chi connectivity index (χ1n) is 10.3. The molecule has 0 unspecified atom stereocenters. The molecule has 0 aliphatic heterocycles. The van der Waals surface area contributed by atoms with Crippen LogP contribution in [0.1, 0.15) is 57.1 Å². The number of nitrogens with one attached hydrogen (secondary N) is 2. The van der Waals surface area contributed by atoms with E-state index in [0.717, 1.165) is 31.5 Å². The van der Waals surface area contributed by atoms with E-state index in [1.807, 2.05) is 31.7 Å². The lowest BCUT2D eigenvalue weighted by Crippen LogP contribution is -2.35. The number of carbonyl (C=O) groups excluding carboxylic acids is 2. The Hall–Kier alpha value is -1.93. The Morgan fingerprint density at radius 3 is 2.28 bits per heavy atom. The van der Waals surface area contributed by atoms with Crippen LogP contribution in [0.3, 0.4) is 0 Å². The minimum Gasteiger partial charge on any atom is -0.355 e. The SMILES string of the molecule is CCCN(CCC)C(=O)CCCC(=O)NCCNS(=O)(=O)c1cc(C)ccc1C. The second-order valence-corrected chi connectivity index (χ2v) is 8.99. The second kappa shape index (κ2) is 12.6. The molecule has 0 radical (unpaired) electrons. The van der Waals surface area contributed by atoms with E-state index in [1.54, 1.807) is 19.1 Å². The minimum absolute atomic E-state index is 0.0859. The molecule has 0 spiro atoms. The Bertz CT molecular complexity index is 772. The number of amides is 2. The van der Waals surface area contributed by atoms with Crippen LogP contribution in [0.2, 0.25) is 0 Å². The van der Waals surface area contributed by atoms with Gasteiger partial charge in [-0.25, -0.2) is 13.1 Å². The number of rotatable bonds is 13. The zero-order valence-corrected chi connectivity index (χ0v) is 18.9. The van der Waals surface area contributed by atoms with Crippen LogP contribution in [0.5, 0.6) is 0 Å². The molecular weight excluding hydrogens is 390 g/mol. The average Bonchev–Trinajstić information content (AvgIpc) is 2.66. The van der Waals surface area contributed by atoms with Gasteiger partial charge in [-0.2, -0.15) is 0 Å². The van der Waals surface area contributed by atoms with Gasteiger partial charge in [0.2, 0.25) is 21.8 Å². The lowest BCUT2D eigenvalue weighted by Gasteiger charge is -2.21. The van der Waals surface area contributed by atoms with E-state index >= 15 is 0 Å². The Balaban J connectivity index is 2.33. The molecule has 0 aliphatic rings. The van der Waals surface area contributed by atoms with Crippen molar-refractivity contribution >= 4 is 21.8 Å². The molecule has 0 aromatic heterocycles. The van der Waals surface area contributed by atoms with Gasteiger partial charge in [0.15, 0.2) is 0 Å². The first-order chi connectivity index (χ1) is 13.7. The van der Waals surface area contributed by atoms with Crippen molar-refractivity contribution in [3.63, 3.8) is 0 Å². The summed E-state index contributed by atoms with van der Waals surface area (Å²) in [6.07, 6.45) is 2.94. The van der Waals surface area contributed by atoms with Crippen molar-refractivity contribution < 1.29 is 18.0 Å². The van der Waals surface area contributed by atoms with E-state index in [-0.39, 0.29) is 36.2 Å². The van der Waals surface area contributed by atoms with Gasteiger partial charge in [-0.05, 0) is 50.3 Å². The molecule has 29 heavy (non-hydrogen) atoms. The smallest absolute Gasteiger partial charge is 0.240 e. The van der Waals surface area contributed by atoms with E-state index in [0.29, 0.717) is 18.4 Å². The van der Waals surface area contributed by atoms with Crippen molar-refractivity contribution in [2.24, 2.45) is 0 Å². The van der Waals surface area contributed by atoms with Crippen molar-refractivity contribution in [3.8, 4) is 0 Å². The highest BCUT2D eigenvalue weighted by Crippen LogP contribution is 2.16. The summed E-state index contributed by atoms with van der Waals surface area (Å²) >= 11 is 0. The van der Waals surface area contributed by atoms with Crippen LogP contribution >= 0.6 is 0 Å². The Labute approximate surface area is 175 Å². The van der Waals surface area contributed by atoms with Crippen molar-refractivity contribution in [2.45, 2.75) is 64.7 Å². The normalized spacial score (nSPS) is 11.3. The lowest BCUT2D eigenvalue weighted by atomic mass is 10.2. The molecular formula is C21H35N3O4S. The summed E-state index contributed by atoms with van der Waals surface area (Å²) in [7, 11) is -3.61. The number of aryl methyl sites for hydroxylation is 2. The van der Waals surface area contributed by atoms with Gasteiger partial charge in [0, 0.05) is 39.0 Å². The third kappa shape index (κ3) is 8.95. The summed E-state index contributed by atoms with van der Waals surface area (Å²) in [6, 6.07) is 5.27. The summed E-state index contributed by atoms with van der Waals surface area (Å²) in [5.74, 6) is -0.0935. The highest BCUT2D eigenvalue weighted by Gasteiger charge is 2.16. The topological polar surface area (TPSA) is 95.6 Å². The lowest BCUT2D eigenvalue weighted by molar-refractivity contribution is -0.131. The summed E-state index contributed by atoms with van der Waals surface area (Å²) in [6.45, 7) is 9.48. The van der Waals surface area contributed by atoms with E-state index < -0.39 is 10.0 Å². The van der Waals surface area contributed by atoms with Gasteiger partial charge in [0.1, 0.15) is 0 Å². The van der Waals surface area contributed by atoms with E-state index in [9.17, 15) is 18.0 Å². The molecule has 0 saturated heterocycles. The number of benzene rings is 1. The van der Waals surface area contributed by atoms with Crippen LogP contribution in [0.4, 0.5) is 0 Å². The Kier molecular flexibility index (Phi) is 10.9. The van der Waals surface area contributed by atoms with Crippen molar-refractivity contribution in [1.82, 2.24) is 14.9 Å². The number of carbonyl (C=O) groups is 2. The van der Waals surface area contributed by atoms with Gasteiger partial charge >= 0.3 is 0 Å². The molecule has 0 fully saturated rings. The van der Waals surface area contributed by atoms with E-state index in [2.05, 4.69) is 10.0 Å².